The fourth-order valence-electron chi connectivity index (χ4n) is 3.80. The maximum atomic E-state index is 13.0. The van der Waals surface area contributed by atoms with Crippen LogP contribution in [-0.2, 0) is 16.4 Å². The van der Waals surface area contributed by atoms with Crippen molar-refractivity contribution in [3.63, 3.8) is 0 Å². The summed E-state index contributed by atoms with van der Waals surface area (Å²) in [5.41, 5.74) is 2.32. The van der Waals surface area contributed by atoms with Gasteiger partial charge in [0.1, 0.15) is 0 Å². The molecule has 4 aromatic carbocycles. The van der Waals surface area contributed by atoms with Crippen molar-refractivity contribution in [3.05, 3.63) is 108 Å². The van der Waals surface area contributed by atoms with Crippen LogP contribution in [0.5, 0.6) is 0 Å². The number of nitrogens with one attached hydrogen (secondary N) is 2. The monoisotopic (exact) mass is 474 g/mol. The molecule has 0 fully saturated rings. The SMILES string of the molecule is Cc1ccc(NS(=O)(=O)c2ccc3ccccc3c2)cc1C(=O)N[C@H](CO)Cc1ccccc1. The molecule has 0 aliphatic heterocycles. The topological polar surface area (TPSA) is 95.5 Å². The number of anilines is 1. The predicted octanol–water partition coefficient (Wildman–Crippen LogP) is 4.28. The summed E-state index contributed by atoms with van der Waals surface area (Å²) in [4.78, 5) is 13.1. The second-order valence-corrected chi connectivity index (χ2v) is 9.87. The lowest BCUT2D eigenvalue weighted by Crippen LogP contribution is -2.39. The van der Waals surface area contributed by atoms with E-state index in [1.54, 1.807) is 37.3 Å². The maximum Gasteiger partial charge on any atom is 0.261 e. The van der Waals surface area contributed by atoms with Crippen LogP contribution in [0.4, 0.5) is 5.69 Å². The highest BCUT2D eigenvalue weighted by Crippen LogP contribution is 2.23. The van der Waals surface area contributed by atoms with E-state index >= 15 is 0 Å². The minimum atomic E-state index is -3.85. The van der Waals surface area contributed by atoms with E-state index in [1.807, 2.05) is 54.6 Å². The van der Waals surface area contributed by atoms with E-state index in [1.165, 1.54) is 6.07 Å². The Morgan fingerprint density at radius 3 is 2.32 bits per heavy atom. The van der Waals surface area contributed by atoms with E-state index < -0.39 is 16.1 Å². The van der Waals surface area contributed by atoms with Gasteiger partial charge in [-0.25, -0.2) is 8.42 Å². The van der Waals surface area contributed by atoms with Gasteiger partial charge < -0.3 is 10.4 Å². The number of rotatable bonds is 8. The lowest BCUT2D eigenvalue weighted by Gasteiger charge is -2.18. The van der Waals surface area contributed by atoms with Crippen molar-refractivity contribution in [2.45, 2.75) is 24.3 Å². The summed E-state index contributed by atoms with van der Waals surface area (Å²) >= 11 is 0. The predicted molar refractivity (Wildman–Crippen MR) is 134 cm³/mol. The lowest BCUT2D eigenvalue weighted by atomic mass is 10.0. The molecule has 4 aromatic rings. The number of fused-ring (bicyclic) bond motifs is 1. The third-order valence-corrected chi connectivity index (χ3v) is 7.03. The fraction of sp³-hybridized carbons (Fsp3) is 0.148. The van der Waals surface area contributed by atoms with E-state index in [0.717, 1.165) is 16.3 Å². The molecule has 0 saturated heterocycles. The van der Waals surface area contributed by atoms with E-state index in [2.05, 4.69) is 10.0 Å². The third kappa shape index (κ3) is 5.44. The molecule has 3 N–H and O–H groups in total. The number of aliphatic hydroxyl groups excluding tert-OH is 1. The Hall–Kier alpha value is -3.68. The highest BCUT2D eigenvalue weighted by molar-refractivity contribution is 7.92. The van der Waals surface area contributed by atoms with Crippen LogP contribution in [0.1, 0.15) is 21.5 Å². The zero-order valence-corrected chi connectivity index (χ0v) is 19.5. The average molecular weight is 475 g/mol. The molecule has 0 heterocycles. The molecular formula is C27H26N2O4S. The molecular weight excluding hydrogens is 448 g/mol. The first-order valence-corrected chi connectivity index (χ1v) is 12.4. The molecule has 174 valence electrons. The van der Waals surface area contributed by atoms with Gasteiger partial charge >= 0.3 is 0 Å². The molecule has 6 nitrogen and oxygen atoms in total. The Bertz CT molecular complexity index is 1420. The number of aliphatic hydroxyl groups is 1. The Morgan fingerprint density at radius 1 is 0.882 bits per heavy atom. The minimum Gasteiger partial charge on any atom is -0.394 e. The largest absolute Gasteiger partial charge is 0.394 e. The highest BCUT2D eigenvalue weighted by atomic mass is 32.2. The van der Waals surface area contributed by atoms with Gasteiger partial charge in [0.2, 0.25) is 0 Å². The molecule has 0 spiro atoms. The van der Waals surface area contributed by atoms with Crippen LogP contribution in [0.2, 0.25) is 0 Å². The standard InChI is InChI=1S/C27H26N2O4S/c1-19-11-13-23(29-34(32,33)25-14-12-21-9-5-6-10-22(21)16-25)17-26(19)27(31)28-24(18-30)15-20-7-3-2-4-8-20/h2-14,16-17,24,29-30H,15,18H2,1H3,(H,28,31)/t24-/m0/s1. The molecule has 34 heavy (non-hydrogen) atoms. The van der Waals surface area contributed by atoms with Crippen molar-refractivity contribution in [2.24, 2.45) is 0 Å². The number of hydrogen-bond acceptors (Lipinski definition) is 4. The first-order chi connectivity index (χ1) is 16.4. The second-order valence-electron chi connectivity index (χ2n) is 8.19. The van der Waals surface area contributed by atoms with Crippen LogP contribution < -0.4 is 10.0 Å². The van der Waals surface area contributed by atoms with Crippen molar-refractivity contribution in [3.8, 4) is 0 Å². The Balaban J connectivity index is 1.53. The smallest absolute Gasteiger partial charge is 0.261 e. The van der Waals surface area contributed by atoms with Gasteiger partial charge in [-0.1, -0.05) is 66.7 Å². The number of hydrogen-bond donors (Lipinski definition) is 3. The zero-order valence-electron chi connectivity index (χ0n) is 18.7. The summed E-state index contributed by atoms with van der Waals surface area (Å²) in [5, 5.41) is 14.4. The van der Waals surface area contributed by atoms with Gasteiger partial charge in [0.05, 0.1) is 17.5 Å². The van der Waals surface area contributed by atoms with Crippen LogP contribution >= 0.6 is 0 Å². The Labute approximate surface area is 199 Å². The second kappa shape index (κ2) is 10.1. The van der Waals surface area contributed by atoms with Crippen molar-refractivity contribution >= 4 is 32.4 Å². The third-order valence-electron chi connectivity index (χ3n) is 5.65. The molecule has 0 bridgehead atoms. The van der Waals surface area contributed by atoms with Crippen LogP contribution in [0, 0.1) is 6.92 Å². The average Bonchev–Trinajstić information content (AvgIpc) is 2.85. The van der Waals surface area contributed by atoms with Gasteiger partial charge in [-0.15, -0.1) is 0 Å². The van der Waals surface area contributed by atoms with Gasteiger partial charge in [-0.2, -0.15) is 0 Å². The molecule has 4 rings (SSSR count). The van der Waals surface area contributed by atoms with E-state index in [4.69, 9.17) is 0 Å². The molecule has 7 heteroatoms. The Kier molecular flexibility index (Phi) is 6.95. The van der Waals surface area contributed by atoms with E-state index in [9.17, 15) is 18.3 Å². The van der Waals surface area contributed by atoms with Gasteiger partial charge in [0.25, 0.3) is 15.9 Å². The summed E-state index contributed by atoms with van der Waals surface area (Å²) in [6.07, 6.45) is 0.483. The van der Waals surface area contributed by atoms with Crippen molar-refractivity contribution in [1.82, 2.24) is 5.32 Å². The number of carbonyl (C=O) groups excluding carboxylic acids is 1. The van der Waals surface area contributed by atoms with Crippen LogP contribution in [0.15, 0.2) is 95.9 Å². The Morgan fingerprint density at radius 2 is 1.59 bits per heavy atom. The molecule has 0 radical (unpaired) electrons. The number of sulfonamides is 1. The first kappa shape index (κ1) is 23.5. The molecule has 0 aliphatic carbocycles. The zero-order chi connectivity index (χ0) is 24.1. The highest BCUT2D eigenvalue weighted by Gasteiger charge is 2.19. The molecule has 0 saturated carbocycles. The fourth-order valence-corrected chi connectivity index (χ4v) is 4.89. The number of aryl methyl sites for hydroxylation is 1. The summed E-state index contributed by atoms with van der Waals surface area (Å²) in [5.74, 6) is -0.376. The summed E-state index contributed by atoms with van der Waals surface area (Å²) < 4.78 is 28.6. The van der Waals surface area contributed by atoms with Crippen molar-refractivity contribution in [1.29, 1.82) is 0 Å². The molecule has 1 amide bonds. The first-order valence-electron chi connectivity index (χ1n) is 10.9. The number of amides is 1. The van der Waals surface area contributed by atoms with Crippen LogP contribution in [0.25, 0.3) is 10.8 Å². The van der Waals surface area contributed by atoms with Crippen LogP contribution in [0.3, 0.4) is 0 Å². The summed E-state index contributed by atoms with van der Waals surface area (Å²) in [6.45, 7) is 1.57. The van der Waals surface area contributed by atoms with E-state index in [-0.39, 0.29) is 23.1 Å². The molecule has 1 atom stereocenters. The number of benzene rings is 4. The van der Waals surface area contributed by atoms with Crippen molar-refractivity contribution < 1.29 is 18.3 Å². The van der Waals surface area contributed by atoms with Crippen LogP contribution in [-0.4, -0.2) is 32.1 Å². The summed E-state index contributed by atoms with van der Waals surface area (Å²) in [6, 6.07) is 26.4. The van der Waals surface area contributed by atoms with Gasteiger partial charge in [0.15, 0.2) is 0 Å². The van der Waals surface area contributed by atoms with Gasteiger partial charge in [-0.3, -0.25) is 9.52 Å². The minimum absolute atomic E-state index is 0.140. The van der Waals surface area contributed by atoms with E-state index in [0.29, 0.717) is 17.5 Å². The lowest BCUT2D eigenvalue weighted by molar-refractivity contribution is 0.0916. The van der Waals surface area contributed by atoms with Gasteiger partial charge in [0, 0.05) is 11.3 Å². The molecule has 0 aliphatic rings. The normalized spacial score (nSPS) is 12.3. The molecule has 0 unspecified atom stereocenters. The molecule has 0 aromatic heterocycles. The number of carbonyl (C=O) groups is 1. The maximum absolute atomic E-state index is 13.0. The van der Waals surface area contributed by atoms with Gasteiger partial charge in [-0.05, 0) is 59.5 Å². The van der Waals surface area contributed by atoms with Crippen molar-refractivity contribution in [2.75, 3.05) is 11.3 Å². The summed E-state index contributed by atoms with van der Waals surface area (Å²) in [7, 11) is -3.85. The quantitative estimate of drug-likeness (QED) is 0.355.